The molecule has 0 saturated heterocycles. The summed E-state index contributed by atoms with van der Waals surface area (Å²) in [6, 6.07) is 7.25. The third kappa shape index (κ3) is 3.87. The first-order valence-electron chi connectivity index (χ1n) is 6.95. The maximum atomic E-state index is 11.9. The molecule has 1 aromatic carbocycles. The van der Waals surface area contributed by atoms with Gasteiger partial charge in [0, 0.05) is 13.6 Å². The molecule has 0 bridgehead atoms. The van der Waals surface area contributed by atoms with Gasteiger partial charge in [-0.1, -0.05) is 12.1 Å². The molecule has 0 radical (unpaired) electrons. The van der Waals surface area contributed by atoms with Crippen LogP contribution in [0.5, 0.6) is 5.75 Å². The maximum absolute atomic E-state index is 11.9. The normalized spacial score (nSPS) is 21.1. The first-order chi connectivity index (χ1) is 9.56. The molecule has 2 rings (SSSR count). The summed E-state index contributed by atoms with van der Waals surface area (Å²) in [5.41, 5.74) is 6.34. The SMILES string of the molecule is CN(CC1CC(O)C1)C(=O)CCOc1ccccc1N. The van der Waals surface area contributed by atoms with Crippen LogP contribution in [0.4, 0.5) is 5.69 Å². The van der Waals surface area contributed by atoms with Gasteiger partial charge in [-0.25, -0.2) is 0 Å². The second-order valence-electron chi connectivity index (χ2n) is 5.40. The molecular weight excluding hydrogens is 256 g/mol. The number of aliphatic hydroxyl groups excluding tert-OH is 1. The smallest absolute Gasteiger partial charge is 0.225 e. The van der Waals surface area contributed by atoms with Crippen LogP contribution in [0.1, 0.15) is 19.3 Å². The molecule has 0 heterocycles. The molecule has 3 N–H and O–H groups in total. The molecule has 20 heavy (non-hydrogen) atoms. The highest BCUT2D eigenvalue weighted by Crippen LogP contribution is 2.27. The minimum atomic E-state index is -0.173. The Morgan fingerprint density at radius 1 is 1.45 bits per heavy atom. The number of nitrogen functional groups attached to an aromatic ring is 1. The van der Waals surface area contributed by atoms with E-state index >= 15 is 0 Å². The molecule has 0 aliphatic heterocycles. The van der Waals surface area contributed by atoms with Gasteiger partial charge >= 0.3 is 0 Å². The fourth-order valence-electron chi connectivity index (χ4n) is 2.39. The van der Waals surface area contributed by atoms with Crippen LogP contribution in [-0.4, -0.2) is 42.2 Å². The number of benzene rings is 1. The summed E-state index contributed by atoms with van der Waals surface area (Å²) in [6.07, 6.45) is 1.76. The molecule has 0 unspecified atom stereocenters. The Hall–Kier alpha value is -1.75. The summed E-state index contributed by atoms with van der Waals surface area (Å²) < 4.78 is 5.51. The Bertz CT molecular complexity index is 458. The summed E-state index contributed by atoms with van der Waals surface area (Å²) in [5, 5.41) is 9.23. The summed E-state index contributed by atoms with van der Waals surface area (Å²) in [5.74, 6) is 1.11. The van der Waals surface area contributed by atoms with Crippen molar-refractivity contribution in [2.75, 3.05) is 25.9 Å². The number of ether oxygens (including phenoxy) is 1. The predicted molar refractivity (Wildman–Crippen MR) is 77.3 cm³/mol. The Morgan fingerprint density at radius 3 is 2.80 bits per heavy atom. The monoisotopic (exact) mass is 278 g/mol. The Balaban J connectivity index is 1.68. The number of nitrogens with two attached hydrogens (primary N) is 1. The molecule has 1 saturated carbocycles. The zero-order valence-electron chi connectivity index (χ0n) is 11.8. The van der Waals surface area contributed by atoms with Gasteiger partial charge in [0.15, 0.2) is 0 Å². The third-order valence-electron chi connectivity index (χ3n) is 3.66. The highest BCUT2D eigenvalue weighted by molar-refractivity contribution is 5.76. The zero-order valence-corrected chi connectivity index (χ0v) is 11.8. The first-order valence-corrected chi connectivity index (χ1v) is 6.95. The van der Waals surface area contributed by atoms with Crippen molar-refractivity contribution >= 4 is 11.6 Å². The highest BCUT2D eigenvalue weighted by Gasteiger charge is 2.28. The van der Waals surface area contributed by atoms with E-state index in [0.717, 1.165) is 12.8 Å². The molecule has 5 nitrogen and oxygen atoms in total. The number of aliphatic hydroxyl groups is 1. The highest BCUT2D eigenvalue weighted by atomic mass is 16.5. The number of amides is 1. The number of rotatable bonds is 6. The van der Waals surface area contributed by atoms with Crippen LogP contribution in [0.25, 0.3) is 0 Å². The van der Waals surface area contributed by atoms with Crippen LogP contribution >= 0.6 is 0 Å². The van der Waals surface area contributed by atoms with E-state index in [1.165, 1.54) is 0 Å². The average Bonchev–Trinajstić information content (AvgIpc) is 2.39. The van der Waals surface area contributed by atoms with E-state index in [1.807, 2.05) is 12.1 Å². The van der Waals surface area contributed by atoms with Crippen molar-refractivity contribution < 1.29 is 14.6 Å². The van der Waals surface area contributed by atoms with Crippen LogP contribution in [-0.2, 0) is 4.79 Å². The van der Waals surface area contributed by atoms with E-state index < -0.39 is 0 Å². The lowest BCUT2D eigenvalue weighted by molar-refractivity contribution is -0.132. The van der Waals surface area contributed by atoms with Gasteiger partial charge in [0.05, 0.1) is 24.8 Å². The van der Waals surface area contributed by atoms with E-state index in [0.29, 0.717) is 36.9 Å². The topological polar surface area (TPSA) is 75.8 Å². The third-order valence-corrected chi connectivity index (χ3v) is 3.66. The molecule has 1 amide bonds. The van der Waals surface area contributed by atoms with Gasteiger partial charge in [0.1, 0.15) is 5.75 Å². The van der Waals surface area contributed by atoms with E-state index in [1.54, 1.807) is 24.1 Å². The molecule has 0 spiro atoms. The average molecular weight is 278 g/mol. The van der Waals surface area contributed by atoms with Crippen LogP contribution in [0.3, 0.4) is 0 Å². The van der Waals surface area contributed by atoms with Crippen molar-refractivity contribution in [1.82, 2.24) is 4.90 Å². The van der Waals surface area contributed by atoms with Crippen molar-refractivity contribution in [3.63, 3.8) is 0 Å². The van der Waals surface area contributed by atoms with Crippen molar-refractivity contribution in [3.05, 3.63) is 24.3 Å². The van der Waals surface area contributed by atoms with Gasteiger partial charge in [-0.05, 0) is 30.9 Å². The van der Waals surface area contributed by atoms with Crippen LogP contribution in [0.2, 0.25) is 0 Å². The van der Waals surface area contributed by atoms with E-state index in [9.17, 15) is 9.90 Å². The maximum Gasteiger partial charge on any atom is 0.225 e. The Kier molecular flexibility index (Phi) is 4.84. The van der Waals surface area contributed by atoms with Gasteiger partial charge in [-0.15, -0.1) is 0 Å². The standard InChI is InChI=1S/C15H22N2O3/c1-17(10-11-8-12(18)9-11)15(19)6-7-20-14-5-3-2-4-13(14)16/h2-5,11-12,18H,6-10,16H2,1H3. The van der Waals surface area contributed by atoms with Gasteiger partial charge in [-0.3, -0.25) is 4.79 Å². The fraction of sp³-hybridized carbons (Fsp3) is 0.533. The summed E-state index contributed by atoms with van der Waals surface area (Å²) in [7, 11) is 1.80. The number of hydrogen-bond donors (Lipinski definition) is 2. The molecule has 110 valence electrons. The quantitative estimate of drug-likeness (QED) is 0.768. The predicted octanol–water partition coefficient (Wildman–Crippen LogP) is 1.27. The summed E-state index contributed by atoms with van der Waals surface area (Å²) in [6.45, 7) is 1.04. The number of anilines is 1. The largest absolute Gasteiger partial charge is 0.491 e. The fourth-order valence-corrected chi connectivity index (χ4v) is 2.39. The minimum absolute atomic E-state index is 0.0564. The van der Waals surface area contributed by atoms with Gasteiger partial charge in [0.2, 0.25) is 5.91 Å². The second kappa shape index (κ2) is 6.61. The minimum Gasteiger partial charge on any atom is -0.491 e. The van der Waals surface area contributed by atoms with Gasteiger partial charge in [-0.2, -0.15) is 0 Å². The summed E-state index contributed by atoms with van der Waals surface area (Å²) >= 11 is 0. The Labute approximate surface area is 119 Å². The van der Waals surface area contributed by atoms with Crippen molar-refractivity contribution in [2.24, 2.45) is 5.92 Å². The zero-order chi connectivity index (χ0) is 14.5. The van der Waals surface area contributed by atoms with Crippen LogP contribution in [0.15, 0.2) is 24.3 Å². The lowest BCUT2D eigenvalue weighted by atomic mass is 9.82. The molecule has 5 heteroatoms. The Morgan fingerprint density at radius 2 is 2.15 bits per heavy atom. The first kappa shape index (κ1) is 14.7. The van der Waals surface area contributed by atoms with E-state index in [-0.39, 0.29) is 12.0 Å². The lowest BCUT2D eigenvalue weighted by Crippen LogP contribution is -2.39. The number of para-hydroxylation sites is 2. The number of hydrogen-bond acceptors (Lipinski definition) is 4. The molecule has 0 aromatic heterocycles. The van der Waals surface area contributed by atoms with E-state index in [2.05, 4.69) is 0 Å². The summed E-state index contributed by atoms with van der Waals surface area (Å²) in [4.78, 5) is 13.6. The number of nitrogens with zero attached hydrogens (tertiary/aromatic N) is 1. The van der Waals surface area contributed by atoms with Crippen LogP contribution < -0.4 is 10.5 Å². The van der Waals surface area contributed by atoms with Crippen LogP contribution in [0, 0.1) is 5.92 Å². The molecule has 1 aliphatic rings. The number of carbonyl (C=O) groups excluding carboxylic acids is 1. The molecule has 0 atom stereocenters. The van der Waals surface area contributed by atoms with Crippen molar-refractivity contribution in [2.45, 2.75) is 25.4 Å². The molecule has 1 aromatic rings. The van der Waals surface area contributed by atoms with E-state index in [4.69, 9.17) is 10.5 Å². The van der Waals surface area contributed by atoms with Crippen molar-refractivity contribution in [1.29, 1.82) is 0 Å². The molecule has 1 fully saturated rings. The molecule has 1 aliphatic carbocycles. The van der Waals surface area contributed by atoms with Gasteiger partial charge in [0.25, 0.3) is 0 Å². The lowest BCUT2D eigenvalue weighted by Gasteiger charge is -2.34. The molecular formula is C15H22N2O3. The second-order valence-corrected chi connectivity index (χ2v) is 5.40. The van der Waals surface area contributed by atoms with Crippen molar-refractivity contribution in [3.8, 4) is 5.75 Å². The number of carbonyl (C=O) groups is 1. The van der Waals surface area contributed by atoms with Gasteiger partial charge < -0.3 is 20.5 Å².